The standard InChI is InChI=1S/C19H17N5O3/c1-3-9-27-19(26)15-11-24-12(2)21-14(10-20)16(24)17(22-15)23-18(25)13-7-5-4-6-8-13/h4-8,11H,3,9H2,1-2H3,(H,22,23,25). The first kappa shape index (κ1) is 18.1. The Balaban J connectivity index is 2.09. The molecule has 136 valence electrons. The molecule has 27 heavy (non-hydrogen) atoms. The van der Waals surface area contributed by atoms with E-state index in [4.69, 9.17) is 4.74 Å². The number of anilines is 1. The van der Waals surface area contributed by atoms with E-state index < -0.39 is 11.9 Å². The molecule has 2 aromatic heterocycles. The van der Waals surface area contributed by atoms with Crippen molar-refractivity contribution in [2.24, 2.45) is 0 Å². The number of nitrogens with zero attached hydrogens (tertiary/aromatic N) is 4. The summed E-state index contributed by atoms with van der Waals surface area (Å²) in [6, 6.07) is 10.6. The number of nitriles is 1. The number of rotatable bonds is 5. The summed E-state index contributed by atoms with van der Waals surface area (Å²) in [6.07, 6.45) is 2.13. The number of benzene rings is 1. The number of aromatic nitrogens is 3. The van der Waals surface area contributed by atoms with Crippen LogP contribution >= 0.6 is 0 Å². The number of aryl methyl sites for hydroxylation is 1. The summed E-state index contributed by atoms with van der Waals surface area (Å²) in [7, 11) is 0. The Labute approximate surface area is 155 Å². The lowest BCUT2D eigenvalue weighted by Gasteiger charge is -2.10. The van der Waals surface area contributed by atoms with Crippen molar-refractivity contribution in [1.29, 1.82) is 5.26 Å². The zero-order valence-corrected chi connectivity index (χ0v) is 14.9. The number of hydrogen-bond acceptors (Lipinski definition) is 6. The normalized spacial score (nSPS) is 10.4. The van der Waals surface area contributed by atoms with E-state index in [2.05, 4.69) is 15.3 Å². The lowest BCUT2D eigenvalue weighted by molar-refractivity contribution is 0.0497. The maximum absolute atomic E-state index is 12.5. The lowest BCUT2D eigenvalue weighted by atomic mass is 10.2. The number of amides is 1. The third-order valence-electron chi connectivity index (χ3n) is 3.82. The van der Waals surface area contributed by atoms with Crippen LogP contribution in [0, 0.1) is 18.3 Å². The van der Waals surface area contributed by atoms with Crippen molar-refractivity contribution in [3.8, 4) is 6.07 Å². The molecular weight excluding hydrogens is 346 g/mol. The van der Waals surface area contributed by atoms with Gasteiger partial charge in [-0.05, 0) is 25.5 Å². The number of esters is 1. The summed E-state index contributed by atoms with van der Waals surface area (Å²) in [5.74, 6) is -0.456. The number of ether oxygens (including phenoxy) is 1. The number of carbonyl (C=O) groups is 2. The number of carbonyl (C=O) groups excluding carboxylic acids is 2. The first-order valence-electron chi connectivity index (χ1n) is 8.38. The minimum Gasteiger partial charge on any atom is -0.461 e. The van der Waals surface area contributed by atoms with E-state index in [1.54, 1.807) is 41.7 Å². The van der Waals surface area contributed by atoms with E-state index >= 15 is 0 Å². The van der Waals surface area contributed by atoms with Gasteiger partial charge in [0.2, 0.25) is 0 Å². The quantitative estimate of drug-likeness (QED) is 0.698. The van der Waals surface area contributed by atoms with Crippen molar-refractivity contribution in [1.82, 2.24) is 14.4 Å². The van der Waals surface area contributed by atoms with Gasteiger partial charge in [-0.15, -0.1) is 0 Å². The summed E-state index contributed by atoms with van der Waals surface area (Å²) in [6.45, 7) is 3.84. The van der Waals surface area contributed by atoms with E-state index in [-0.39, 0.29) is 23.8 Å². The molecule has 0 saturated heterocycles. The molecule has 0 aliphatic rings. The van der Waals surface area contributed by atoms with Crippen LogP contribution < -0.4 is 5.32 Å². The molecule has 3 aromatic rings. The predicted molar refractivity (Wildman–Crippen MR) is 97.4 cm³/mol. The van der Waals surface area contributed by atoms with Crippen LogP contribution in [-0.2, 0) is 4.74 Å². The number of imidazole rings is 1. The molecule has 1 N–H and O–H groups in total. The van der Waals surface area contributed by atoms with Gasteiger partial charge >= 0.3 is 5.97 Å². The zero-order chi connectivity index (χ0) is 19.4. The van der Waals surface area contributed by atoms with E-state index in [1.165, 1.54) is 6.20 Å². The zero-order valence-electron chi connectivity index (χ0n) is 14.9. The average molecular weight is 363 g/mol. The maximum atomic E-state index is 12.5. The monoisotopic (exact) mass is 363 g/mol. The van der Waals surface area contributed by atoms with Crippen molar-refractivity contribution in [3.63, 3.8) is 0 Å². The van der Waals surface area contributed by atoms with Gasteiger partial charge in [-0.1, -0.05) is 25.1 Å². The molecule has 0 saturated carbocycles. The molecule has 0 spiro atoms. The lowest BCUT2D eigenvalue weighted by Crippen LogP contribution is -2.17. The molecule has 8 nitrogen and oxygen atoms in total. The molecule has 0 fully saturated rings. The van der Waals surface area contributed by atoms with Crippen molar-refractivity contribution in [3.05, 3.63) is 59.3 Å². The molecule has 0 radical (unpaired) electrons. The van der Waals surface area contributed by atoms with Gasteiger partial charge in [0.25, 0.3) is 5.91 Å². The predicted octanol–water partition coefficient (Wildman–Crippen LogP) is 2.73. The minimum atomic E-state index is -0.611. The van der Waals surface area contributed by atoms with Crippen LogP contribution in [-0.4, -0.2) is 32.9 Å². The highest BCUT2D eigenvalue weighted by Crippen LogP contribution is 2.22. The van der Waals surface area contributed by atoms with Crippen molar-refractivity contribution in [2.45, 2.75) is 20.3 Å². The van der Waals surface area contributed by atoms with Crippen LogP contribution in [0.25, 0.3) is 5.52 Å². The summed E-state index contributed by atoms with van der Waals surface area (Å²) in [5.41, 5.74) is 0.874. The van der Waals surface area contributed by atoms with Gasteiger partial charge in [-0.3, -0.25) is 9.20 Å². The molecule has 0 atom stereocenters. The Morgan fingerprint density at radius 3 is 2.67 bits per heavy atom. The Bertz CT molecular complexity index is 1050. The van der Waals surface area contributed by atoms with E-state index in [1.807, 2.05) is 13.0 Å². The molecule has 1 amide bonds. The number of nitrogens with one attached hydrogen (secondary N) is 1. The van der Waals surface area contributed by atoms with Crippen molar-refractivity contribution < 1.29 is 14.3 Å². The first-order valence-corrected chi connectivity index (χ1v) is 8.38. The molecule has 0 aliphatic heterocycles. The third kappa shape index (κ3) is 3.62. The highest BCUT2D eigenvalue weighted by atomic mass is 16.5. The van der Waals surface area contributed by atoms with Gasteiger partial charge in [0.15, 0.2) is 17.2 Å². The molecule has 0 bridgehead atoms. The van der Waals surface area contributed by atoms with E-state index in [9.17, 15) is 14.9 Å². The second kappa shape index (κ2) is 7.66. The fourth-order valence-electron chi connectivity index (χ4n) is 2.55. The van der Waals surface area contributed by atoms with Crippen LogP contribution in [0.3, 0.4) is 0 Å². The van der Waals surface area contributed by atoms with E-state index in [0.717, 1.165) is 0 Å². The van der Waals surface area contributed by atoms with Crippen molar-refractivity contribution >= 4 is 23.2 Å². The fourth-order valence-corrected chi connectivity index (χ4v) is 2.55. The molecular formula is C19H17N5O3. The number of hydrogen-bond donors (Lipinski definition) is 1. The van der Waals surface area contributed by atoms with Crippen LogP contribution in [0.1, 0.15) is 45.7 Å². The number of fused-ring (bicyclic) bond motifs is 1. The SMILES string of the molecule is CCCOC(=O)c1cn2c(C)nc(C#N)c2c(NC(=O)c2ccccc2)n1. The summed E-state index contributed by atoms with van der Waals surface area (Å²) < 4.78 is 6.68. The third-order valence-corrected chi connectivity index (χ3v) is 3.82. The van der Waals surface area contributed by atoms with E-state index in [0.29, 0.717) is 23.3 Å². The summed E-state index contributed by atoms with van der Waals surface area (Å²) in [5, 5.41) is 12.0. The van der Waals surface area contributed by atoms with Crippen molar-refractivity contribution in [2.75, 3.05) is 11.9 Å². The average Bonchev–Trinajstić information content (AvgIpc) is 3.02. The summed E-state index contributed by atoms with van der Waals surface area (Å²) in [4.78, 5) is 33.2. The Morgan fingerprint density at radius 2 is 2.00 bits per heavy atom. The van der Waals surface area contributed by atoms with Gasteiger partial charge in [0, 0.05) is 11.8 Å². The highest BCUT2D eigenvalue weighted by molar-refractivity contribution is 6.06. The smallest absolute Gasteiger partial charge is 0.358 e. The minimum absolute atomic E-state index is 0.0179. The van der Waals surface area contributed by atoms with Crippen LogP contribution in [0.2, 0.25) is 0 Å². The van der Waals surface area contributed by atoms with Gasteiger partial charge in [0.1, 0.15) is 17.4 Å². The molecule has 0 unspecified atom stereocenters. The van der Waals surface area contributed by atoms with Gasteiger partial charge in [0.05, 0.1) is 6.61 Å². The van der Waals surface area contributed by atoms with Crippen LogP contribution in [0.15, 0.2) is 36.5 Å². The molecule has 3 rings (SSSR count). The first-order chi connectivity index (χ1) is 13.0. The topological polar surface area (TPSA) is 109 Å². The fraction of sp³-hybridized carbons (Fsp3) is 0.211. The molecule has 0 aliphatic carbocycles. The summed E-state index contributed by atoms with van der Waals surface area (Å²) >= 11 is 0. The highest BCUT2D eigenvalue weighted by Gasteiger charge is 2.20. The molecule has 8 heteroatoms. The van der Waals surface area contributed by atoms with Crippen LogP contribution in [0.5, 0.6) is 0 Å². The van der Waals surface area contributed by atoms with Gasteiger partial charge in [-0.25, -0.2) is 14.8 Å². The second-order valence-electron chi connectivity index (χ2n) is 5.77. The maximum Gasteiger partial charge on any atom is 0.358 e. The van der Waals surface area contributed by atoms with Gasteiger partial charge < -0.3 is 10.1 Å². The Morgan fingerprint density at radius 1 is 1.26 bits per heavy atom. The largest absolute Gasteiger partial charge is 0.461 e. The Hall–Kier alpha value is -3.73. The van der Waals surface area contributed by atoms with Gasteiger partial charge in [-0.2, -0.15) is 5.26 Å². The molecule has 2 heterocycles. The molecule has 1 aromatic carbocycles. The Kier molecular flexibility index (Phi) is 5.13. The second-order valence-corrected chi connectivity index (χ2v) is 5.77. The van der Waals surface area contributed by atoms with Crippen LogP contribution in [0.4, 0.5) is 5.82 Å².